The fraction of sp³-hybridized carbons (Fsp3) is 0.875. The van der Waals surface area contributed by atoms with Crippen LogP contribution in [0.5, 0.6) is 0 Å². The van der Waals surface area contributed by atoms with Crippen LogP contribution in [-0.4, -0.2) is 0 Å². The summed E-state index contributed by atoms with van der Waals surface area (Å²) >= 11 is 0. The van der Waals surface area contributed by atoms with Gasteiger partial charge in [-0.15, -0.1) is 0 Å². The van der Waals surface area contributed by atoms with Crippen molar-refractivity contribution >= 4 is 0 Å². The van der Waals surface area contributed by atoms with Gasteiger partial charge in [0.15, 0.2) is 0 Å². The minimum Gasteiger partial charge on any atom is -0.0825 e. The van der Waals surface area contributed by atoms with Gasteiger partial charge in [-0.05, 0) is 49.4 Å². The molecule has 1 rings (SSSR count). The fourth-order valence-corrected chi connectivity index (χ4v) is 2.76. The van der Waals surface area contributed by atoms with Crippen molar-refractivity contribution in [1.29, 1.82) is 0 Å². The van der Waals surface area contributed by atoms with Crippen LogP contribution in [0.15, 0.2) is 11.6 Å². The molecule has 0 aromatic carbocycles. The Balaban J connectivity index is 2.48. The smallest absolute Gasteiger partial charge is 0.0236 e. The van der Waals surface area contributed by atoms with Gasteiger partial charge < -0.3 is 0 Å². The lowest BCUT2D eigenvalue weighted by atomic mass is 9.83. The zero-order valence-electron chi connectivity index (χ0n) is 12.1. The molecule has 0 heterocycles. The molecule has 94 valence electrons. The van der Waals surface area contributed by atoms with E-state index in [-0.39, 0.29) is 0 Å². The van der Waals surface area contributed by atoms with Gasteiger partial charge in [-0.3, -0.25) is 0 Å². The van der Waals surface area contributed by atoms with Crippen LogP contribution in [0, 0.1) is 23.2 Å². The van der Waals surface area contributed by atoms with Crippen molar-refractivity contribution in [2.24, 2.45) is 23.2 Å². The Morgan fingerprint density at radius 2 is 1.75 bits per heavy atom. The second-order valence-corrected chi connectivity index (χ2v) is 6.44. The monoisotopic (exact) mass is 222 g/mol. The molecule has 0 nitrogen and oxygen atoms in total. The van der Waals surface area contributed by atoms with Gasteiger partial charge in [-0.25, -0.2) is 0 Å². The van der Waals surface area contributed by atoms with E-state index in [4.69, 9.17) is 0 Å². The number of rotatable bonds is 6. The van der Waals surface area contributed by atoms with Crippen LogP contribution in [0.25, 0.3) is 0 Å². The first-order chi connectivity index (χ1) is 7.41. The van der Waals surface area contributed by atoms with Crippen molar-refractivity contribution in [1.82, 2.24) is 0 Å². The van der Waals surface area contributed by atoms with Gasteiger partial charge in [0.1, 0.15) is 0 Å². The number of allylic oxidation sites excluding steroid dienone is 2. The summed E-state index contributed by atoms with van der Waals surface area (Å²) in [6.45, 7) is 14.1. The highest BCUT2D eigenvalue weighted by molar-refractivity contribution is 5.06. The Labute approximate surface area is 103 Å². The van der Waals surface area contributed by atoms with Gasteiger partial charge in [-0.1, -0.05) is 52.7 Å². The van der Waals surface area contributed by atoms with Crippen molar-refractivity contribution in [3.05, 3.63) is 11.6 Å². The van der Waals surface area contributed by atoms with E-state index in [9.17, 15) is 0 Å². The van der Waals surface area contributed by atoms with Crippen LogP contribution in [0.4, 0.5) is 0 Å². The average molecular weight is 222 g/mol. The van der Waals surface area contributed by atoms with E-state index < -0.39 is 0 Å². The van der Waals surface area contributed by atoms with Crippen molar-refractivity contribution in [3.63, 3.8) is 0 Å². The summed E-state index contributed by atoms with van der Waals surface area (Å²) < 4.78 is 0. The Hall–Kier alpha value is -0.260. The molecule has 0 N–H and O–H groups in total. The molecule has 2 unspecified atom stereocenters. The third-order valence-electron chi connectivity index (χ3n) is 4.87. The van der Waals surface area contributed by atoms with Crippen LogP contribution in [0.1, 0.15) is 67.2 Å². The molecule has 0 bridgehead atoms. The Kier molecular flexibility index (Phi) is 4.64. The average Bonchev–Trinajstić information content (AvgIpc) is 2.97. The summed E-state index contributed by atoms with van der Waals surface area (Å²) in [5, 5.41) is 0. The molecule has 0 radical (unpaired) electrons. The van der Waals surface area contributed by atoms with Gasteiger partial charge in [-0.2, -0.15) is 0 Å². The van der Waals surface area contributed by atoms with E-state index in [0.29, 0.717) is 0 Å². The SMILES string of the molecule is CCC1(C(C)CC(C)=CC(C)C(C)C)CC1. The molecule has 0 saturated heterocycles. The molecular formula is C16H30. The molecular weight excluding hydrogens is 192 g/mol. The van der Waals surface area contributed by atoms with Gasteiger partial charge in [0, 0.05) is 0 Å². The van der Waals surface area contributed by atoms with E-state index in [1.165, 1.54) is 25.7 Å². The van der Waals surface area contributed by atoms with Crippen LogP contribution < -0.4 is 0 Å². The summed E-state index contributed by atoms with van der Waals surface area (Å²) in [7, 11) is 0. The molecule has 0 amide bonds. The zero-order chi connectivity index (χ0) is 12.3. The fourth-order valence-electron chi connectivity index (χ4n) is 2.76. The predicted octanol–water partition coefficient (Wildman–Crippen LogP) is 5.44. The zero-order valence-corrected chi connectivity index (χ0v) is 12.1. The van der Waals surface area contributed by atoms with Gasteiger partial charge in [0.25, 0.3) is 0 Å². The number of hydrogen-bond acceptors (Lipinski definition) is 0. The Bertz CT molecular complexity index is 243. The maximum Gasteiger partial charge on any atom is -0.0236 e. The summed E-state index contributed by atoms with van der Waals surface area (Å²) in [6, 6.07) is 0. The Morgan fingerprint density at radius 1 is 1.19 bits per heavy atom. The first-order valence-corrected chi connectivity index (χ1v) is 7.08. The van der Waals surface area contributed by atoms with Crippen LogP contribution in [0.2, 0.25) is 0 Å². The summed E-state index contributed by atoms with van der Waals surface area (Å²) in [6.07, 6.45) is 8.12. The maximum absolute atomic E-state index is 2.49. The second kappa shape index (κ2) is 5.38. The lowest BCUT2D eigenvalue weighted by Crippen LogP contribution is -2.12. The van der Waals surface area contributed by atoms with Crippen molar-refractivity contribution in [3.8, 4) is 0 Å². The normalized spacial score (nSPS) is 23.3. The topological polar surface area (TPSA) is 0 Å². The quantitative estimate of drug-likeness (QED) is 0.525. The lowest BCUT2D eigenvalue weighted by Gasteiger charge is -2.23. The van der Waals surface area contributed by atoms with Gasteiger partial charge in [0.05, 0.1) is 0 Å². The van der Waals surface area contributed by atoms with E-state index in [1.807, 2.05) is 0 Å². The highest BCUT2D eigenvalue weighted by Gasteiger charge is 2.44. The standard InChI is InChI=1S/C16H30/c1-7-16(8-9-16)15(6)11-13(4)10-14(5)12(2)3/h10,12,14-15H,7-9,11H2,1-6H3. The predicted molar refractivity (Wildman–Crippen MR) is 73.5 cm³/mol. The van der Waals surface area contributed by atoms with Crippen molar-refractivity contribution < 1.29 is 0 Å². The summed E-state index contributed by atoms with van der Waals surface area (Å²) in [5.41, 5.74) is 2.32. The van der Waals surface area contributed by atoms with Crippen molar-refractivity contribution in [2.75, 3.05) is 0 Å². The molecule has 0 heteroatoms. The molecule has 0 aromatic rings. The van der Waals surface area contributed by atoms with E-state index in [1.54, 1.807) is 5.57 Å². The van der Waals surface area contributed by atoms with Crippen LogP contribution in [0.3, 0.4) is 0 Å². The second-order valence-electron chi connectivity index (χ2n) is 6.44. The molecule has 1 fully saturated rings. The summed E-state index contributed by atoms with van der Waals surface area (Å²) in [4.78, 5) is 0. The number of hydrogen-bond donors (Lipinski definition) is 0. The van der Waals surface area contributed by atoms with Gasteiger partial charge >= 0.3 is 0 Å². The van der Waals surface area contributed by atoms with E-state index in [0.717, 1.165) is 23.2 Å². The molecule has 1 aliphatic rings. The Morgan fingerprint density at radius 3 is 2.12 bits per heavy atom. The molecule has 0 aromatic heterocycles. The largest absolute Gasteiger partial charge is 0.0825 e. The van der Waals surface area contributed by atoms with Crippen molar-refractivity contribution in [2.45, 2.75) is 67.2 Å². The molecule has 16 heavy (non-hydrogen) atoms. The third-order valence-corrected chi connectivity index (χ3v) is 4.87. The highest BCUT2D eigenvalue weighted by atomic mass is 14.5. The molecule has 2 atom stereocenters. The van der Waals surface area contributed by atoms with Gasteiger partial charge in [0.2, 0.25) is 0 Å². The van der Waals surface area contributed by atoms with Crippen LogP contribution in [-0.2, 0) is 0 Å². The minimum absolute atomic E-state index is 0.718. The third kappa shape index (κ3) is 3.37. The first-order valence-electron chi connectivity index (χ1n) is 7.08. The van der Waals surface area contributed by atoms with E-state index in [2.05, 4.69) is 47.6 Å². The lowest BCUT2D eigenvalue weighted by molar-refractivity contribution is 0.318. The minimum atomic E-state index is 0.718. The first kappa shape index (κ1) is 13.8. The maximum atomic E-state index is 2.49. The van der Waals surface area contributed by atoms with E-state index >= 15 is 0 Å². The molecule has 0 aliphatic heterocycles. The molecule has 1 aliphatic carbocycles. The van der Waals surface area contributed by atoms with Crippen LogP contribution >= 0.6 is 0 Å². The molecule has 0 spiro atoms. The molecule has 1 saturated carbocycles. The summed E-state index contributed by atoms with van der Waals surface area (Å²) in [5.74, 6) is 2.38. The highest BCUT2D eigenvalue weighted by Crippen LogP contribution is 2.56.